The molecule has 0 radical (unpaired) electrons. The molecule has 0 spiro atoms. The Hall–Kier alpha value is -1.10. The molecule has 1 saturated heterocycles. The van der Waals surface area contributed by atoms with Gasteiger partial charge in [-0.15, -0.1) is 0 Å². The maximum absolute atomic E-state index is 9.58. The number of likely N-dealkylation sites (tertiary alicyclic amines) is 1. The molecule has 0 amide bonds. The zero-order chi connectivity index (χ0) is 16.9. The Bertz CT molecular complexity index is 539. The SMILES string of the molecule is Cc1cc(C)c2c(c1)C(NCCCN1CCC(O)CC1)CCCO2. The molecule has 134 valence electrons. The maximum atomic E-state index is 9.58. The fourth-order valence-electron chi connectivity index (χ4n) is 3.99. The third-order valence-electron chi connectivity index (χ3n) is 5.31. The van der Waals surface area contributed by atoms with Crippen LogP contribution in [0.1, 0.15) is 54.8 Å². The Morgan fingerprint density at radius 2 is 2.00 bits per heavy atom. The van der Waals surface area contributed by atoms with Gasteiger partial charge in [0.2, 0.25) is 0 Å². The van der Waals surface area contributed by atoms with Crippen LogP contribution in [0.5, 0.6) is 5.75 Å². The van der Waals surface area contributed by atoms with E-state index in [2.05, 4.69) is 36.2 Å². The van der Waals surface area contributed by atoms with Crippen molar-refractivity contribution in [2.24, 2.45) is 0 Å². The minimum Gasteiger partial charge on any atom is -0.493 e. The summed E-state index contributed by atoms with van der Waals surface area (Å²) in [5, 5.41) is 13.3. The highest BCUT2D eigenvalue weighted by Crippen LogP contribution is 2.35. The predicted octanol–water partition coefficient (Wildman–Crippen LogP) is 2.95. The van der Waals surface area contributed by atoms with E-state index < -0.39 is 0 Å². The Morgan fingerprint density at radius 3 is 2.79 bits per heavy atom. The smallest absolute Gasteiger partial charge is 0.126 e. The van der Waals surface area contributed by atoms with Crippen molar-refractivity contribution < 1.29 is 9.84 Å². The lowest BCUT2D eigenvalue weighted by molar-refractivity contribution is 0.0820. The number of aliphatic hydroxyl groups is 1. The lowest BCUT2D eigenvalue weighted by atomic mass is 9.97. The van der Waals surface area contributed by atoms with Gasteiger partial charge >= 0.3 is 0 Å². The largest absolute Gasteiger partial charge is 0.493 e. The molecule has 1 atom stereocenters. The first-order chi connectivity index (χ1) is 11.6. The van der Waals surface area contributed by atoms with Crippen molar-refractivity contribution in [3.63, 3.8) is 0 Å². The number of hydrogen-bond donors (Lipinski definition) is 2. The van der Waals surface area contributed by atoms with E-state index in [0.29, 0.717) is 6.04 Å². The van der Waals surface area contributed by atoms with Gasteiger partial charge in [0.25, 0.3) is 0 Å². The van der Waals surface area contributed by atoms with Crippen LogP contribution in [0.3, 0.4) is 0 Å². The molecule has 0 aliphatic carbocycles. The monoisotopic (exact) mass is 332 g/mol. The summed E-state index contributed by atoms with van der Waals surface area (Å²) >= 11 is 0. The van der Waals surface area contributed by atoms with Crippen molar-refractivity contribution in [1.29, 1.82) is 0 Å². The Labute approximate surface area is 146 Å². The fourth-order valence-corrected chi connectivity index (χ4v) is 3.99. The highest BCUT2D eigenvalue weighted by Gasteiger charge is 2.21. The molecule has 24 heavy (non-hydrogen) atoms. The Morgan fingerprint density at radius 1 is 1.21 bits per heavy atom. The number of nitrogens with zero attached hydrogens (tertiary/aromatic N) is 1. The summed E-state index contributed by atoms with van der Waals surface area (Å²) in [7, 11) is 0. The van der Waals surface area contributed by atoms with Crippen molar-refractivity contribution >= 4 is 0 Å². The summed E-state index contributed by atoms with van der Waals surface area (Å²) in [5.41, 5.74) is 3.91. The van der Waals surface area contributed by atoms with Gasteiger partial charge in [0.05, 0.1) is 12.7 Å². The van der Waals surface area contributed by atoms with E-state index in [9.17, 15) is 5.11 Å². The highest BCUT2D eigenvalue weighted by atomic mass is 16.5. The van der Waals surface area contributed by atoms with Gasteiger partial charge in [-0.3, -0.25) is 0 Å². The molecular formula is C20H32N2O2. The van der Waals surface area contributed by atoms with Gasteiger partial charge in [-0.25, -0.2) is 0 Å². The van der Waals surface area contributed by atoms with Gasteiger partial charge in [0, 0.05) is 24.7 Å². The van der Waals surface area contributed by atoms with Crippen LogP contribution in [0.4, 0.5) is 0 Å². The fraction of sp³-hybridized carbons (Fsp3) is 0.700. The van der Waals surface area contributed by atoms with E-state index in [1.54, 1.807) is 0 Å². The zero-order valence-electron chi connectivity index (χ0n) is 15.2. The molecule has 0 aromatic heterocycles. The van der Waals surface area contributed by atoms with Crippen molar-refractivity contribution in [3.8, 4) is 5.75 Å². The summed E-state index contributed by atoms with van der Waals surface area (Å²) in [5.74, 6) is 1.10. The van der Waals surface area contributed by atoms with Crippen molar-refractivity contribution in [2.75, 3.05) is 32.8 Å². The Kier molecular flexibility index (Phi) is 6.14. The number of hydrogen-bond acceptors (Lipinski definition) is 4. The topological polar surface area (TPSA) is 44.7 Å². The predicted molar refractivity (Wildman–Crippen MR) is 97.7 cm³/mol. The van der Waals surface area contributed by atoms with Gasteiger partial charge < -0.3 is 20.1 Å². The first kappa shape index (κ1) is 17.7. The van der Waals surface area contributed by atoms with Crippen LogP contribution < -0.4 is 10.1 Å². The van der Waals surface area contributed by atoms with E-state index in [1.807, 2.05) is 0 Å². The van der Waals surface area contributed by atoms with Crippen LogP contribution in [-0.4, -0.2) is 48.9 Å². The van der Waals surface area contributed by atoms with Crippen LogP contribution in [0.2, 0.25) is 0 Å². The molecule has 2 heterocycles. The average Bonchev–Trinajstić information content (AvgIpc) is 2.76. The van der Waals surface area contributed by atoms with Crippen molar-refractivity contribution in [2.45, 2.75) is 58.1 Å². The molecule has 0 bridgehead atoms. The van der Waals surface area contributed by atoms with Crippen LogP contribution >= 0.6 is 0 Å². The average molecular weight is 332 g/mol. The molecule has 1 fully saturated rings. The number of nitrogens with one attached hydrogen (secondary N) is 1. The van der Waals surface area contributed by atoms with Gasteiger partial charge in [-0.2, -0.15) is 0 Å². The number of piperidine rings is 1. The van der Waals surface area contributed by atoms with Crippen LogP contribution in [0.15, 0.2) is 12.1 Å². The second kappa shape index (κ2) is 8.32. The lowest BCUT2D eigenvalue weighted by Crippen LogP contribution is -2.37. The minimum atomic E-state index is -0.0756. The highest BCUT2D eigenvalue weighted by molar-refractivity contribution is 5.46. The first-order valence-corrected chi connectivity index (χ1v) is 9.51. The number of fused-ring (bicyclic) bond motifs is 1. The van der Waals surface area contributed by atoms with E-state index >= 15 is 0 Å². The summed E-state index contributed by atoms with van der Waals surface area (Å²) < 4.78 is 6.00. The summed E-state index contributed by atoms with van der Waals surface area (Å²) in [6.07, 6.45) is 5.20. The number of ether oxygens (including phenoxy) is 1. The molecule has 4 nitrogen and oxygen atoms in total. The number of aliphatic hydroxyl groups excluding tert-OH is 1. The van der Waals surface area contributed by atoms with Crippen LogP contribution in [0.25, 0.3) is 0 Å². The van der Waals surface area contributed by atoms with Crippen molar-refractivity contribution in [1.82, 2.24) is 10.2 Å². The molecular weight excluding hydrogens is 300 g/mol. The number of aryl methyl sites for hydroxylation is 2. The summed E-state index contributed by atoms with van der Waals surface area (Å²) in [6.45, 7) is 9.39. The van der Waals surface area contributed by atoms with Gasteiger partial charge in [0.15, 0.2) is 0 Å². The molecule has 1 unspecified atom stereocenters. The van der Waals surface area contributed by atoms with Crippen molar-refractivity contribution in [3.05, 3.63) is 28.8 Å². The lowest BCUT2D eigenvalue weighted by Gasteiger charge is -2.29. The molecule has 2 N–H and O–H groups in total. The zero-order valence-corrected chi connectivity index (χ0v) is 15.2. The van der Waals surface area contributed by atoms with E-state index in [1.165, 1.54) is 16.7 Å². The second-order valence-corrected chi connectivity index (χ2v) is 7.42. The number of rotatable bonds is 5. The third kappa shape index (κ3) is 4.50. The van der Waals surface area contributed by atoms with E-state index in [0.717, 1.165) is 70.6 Å². The van der Waals surface area contributed by atoms with E-state index in [-0.39, 0.29) is 6.10 Å². The number of benzene rings is 1. The standard InChI is InChI=1S/C20H32N2O2/c1-15-13-16(2)20-18(14-15)19(5-3-12-24-20)21-8-4-9-22-10-6-17(23)7-11-22/h13-14,17,19,21,23H,3-12H2,1-2H3. The van der Waals surface area contributed by atoms with Gasteiger partial charge in [-0.05, 0) is 64.6 Å². The molecule has 1 aromatic rings. The van der Waals surface area contributed by atoms with Gasteiger partial charge in [-0.1, -0.05) is 17.7 Å². The molecule has 2 aliphatic heterocycles. The minimum absolute atomic E-state index is 0.0756. The molecule has 2 aliphatic rings. The second-order valence-electron chi connectivity index (χ2n) is 7.42. The summed E-state index contributed by atoms with van der Waals surface area (Å²) in [4.78, 5) is 2.48. The normalized spacial score (nSPS) is 22.7. The maximum Gasteiger partial charge on any atom is 0.126 e. The third-order valence-corrected chi connectivity index (χ3v) is 5.31. The molecule has 1 aromatic carbocycles. The van der Waals surface area contributed by atoms with Gasteiger partial charge in [0.1, 0.15) is 5.75 Å². The molecule has 0 saturated carbocycles. The van der Waals surface area contributed by atoms with Crippen LogP contribution in [0, 0.1) is 13.8 Å². The van der Waals surface area contributed by atoms with Crippen LogP contribution in [-0.2, 0) is 0 Å². The van der Waals surface area contributed by atoms with E-state index in [4.69, 9.17) is 4.74 Å². The summed E-state index contributed by atoms with van der Waals surface area (Å²) in [6, 6.07) is 4.91. The Balaban J connectivity index is 1.52. The first-order valence-electron chi connectivity index (χ1n) is 9.51. The molecule has 4 heteroatoms. The molecule has 3 rings (SSSR count). The quantitative estimate of drug-likeness (QED) is 0.814.